The zero-order valence-electron chi connectivity index (χ0n) is 10.4. The van der Waals surface area contributed by atoms with Crippen molar-refractivity contribution >= 4 is 50.6 Å². The molecule has 0 amide bonds. The first-order chi connectivity index (χ1) is 9.52. The molecule has 0 radical (unpaired) electrons. The molecule has 0 aliphatic heterocycles. The van der Waals surface area contributed by atoms with Gasteiger partial charge in [-0.2, -0.15) is 4.98 Å². The molecular weight excluding hydrogens is 299 g/mol. The molecule has 0 saturated carbocycles. The van der Waals surface area contributed by atoms with E-state index in [9.17, 15) is 4.39 Å². The van der Waals surface area contributed by atoms with Crippen LogP contribution in [0, 0.1) is 12.7 Å². The number of fused-ring (bicyclic) bond motifs is 1. The number of aromatic nitrogens is 2. The lowest BCUT2D eigenvalue weighted by Gasteiger charge is -2.08. The van der Waals surface area contributed by atoms with Crippen molar-refractivity contribution in [2.75, 3.05) is 11.1 Å². The Morgan fingerprint density at radius 1 is 1.30 bits per heavy atom. The normalized spacial score (nSPS) is 10.9. The Bertz CT molecular complexity index is 802. The van der Waals surface area contributed by atoms with E-state index in [2.05, 4.69) is 15.3 Å². The first-order valence-corrected chi connectivity index (χ1v) is 6.98. The zero-order chi connectivity index (χ0) is 14.3. The van der Waals surface area contributed by atoms with E-state index in [1.807, 2.05) is 13.0 Å². The summed E-state index contributed by atoms with van der Waals surface area (Å²) in [4.78, 5) is 10.2. The number of anilines is 3. The predicted octanol–water partition coefficient (Wildman–Crippen LogP) is 4.12. The van der Waals surface area contributed by atoms with Crippen LogP contribution in [-0.4, -0.2) is 9.97 Å². The van der Waals surface area contributed by atoms with Crippen molar-refractivity contribution < 1.29 is 4.39 Å². The van der Waals surface area contributed by atoms with Gasteiger partial charge in [0.05, 0.1) is 11.1 Å². The van der Waals surface area contributed by atoms with Crippen LogP contribution in [0.5, 0.6) is 0 Å². The lowest BCUT2D eigenvalue weighted by atomic mass is 10.3. The summed E-state index contributed by atoms with van der Waals surface area (Å²) >= 11 is 7.24. The number of aryl methyl sites for hydroxylation is 1. The Morgan fingerprint density at radius 3 is 2.85 bits per heavy atom. The van der Waals surface area contributed by atoms with Crippen molar-refractivity contribution in [2.24, 2.45) is 0 Å². The van der Waals surface area contributed by atoms with Gasteiger partial charge in [0.25, 0.3) is 0 Å². The van der Waals surface area contributed by atoms with Gasteiger partial charge in [-0.05, 0) is 31.2 Å². The highest BCUT2D eigenvalue weighted by atomic mass is 35.5. The summed E-state index contributed by atoms with van der Waals surface area (Å²) in [6.45, 7) is 1.97. The maximum absolute atomic E-state index is 13.8. The van der Waals surface area contributed by atoms with Gasteiger partial charge in [-0.25, -0.2) is 9.37 Å². The van der Waals surface area contributed by atoms with Gasteiger partial charge < -0.3 is 11.1 Å². The van der Waals surface area contributed by atoms with Crippen molar-refractivity contribution in [3.05, 3.63) is 40.0 Å². The molecular formula is C13H10ClFN4S. The number of nitrogen functional groups attached to an aromatic ring is 1. The molecule has 1 aromatic carbocycles. The Morgan fingerprint density at radius 2 is 2.10 bits per heavy atom. The molecule has 0 fully saturated rings. The number of benzene rings is 1. The van der Waals surface area contributed by atoms with E-state index in [1.165, 1.54) is 17.4 Å². The van der Waals surface area contributed by atoms with Crippen LogP contribution in [0.25, 0.3) is 10.2 Å². The molecule has 0 saturated heterocycles. The van der Waals surface area contributed by atoms with Crippen LogP contribution in [0.3, 0.4) is 0 Å². The summed E-state index contributed by atoms with van der Waals surface area (Å²) in [5.74, 6) is 0.184. The van der Waals surface area contributed by atoms with Crippen molar-refractivity contribution in [3.63, 3.8) is 0 Å². The highest BCUT2D eigenvalue weighted by molar-refractivity contribution is 7.18. The molecule has 0 aliphatic carbocycles. The number of thiophene rings is 1. The van der Waals surface area contributed by atoms with E-state index in [-0.39, 0.29) is 11.6 Å². The molecule has 3 N–H and O–H groups in total. The largest absolute Gasteiger partial charge is 0.368 e. The van der Waals surface area contributed by atoms with Gasteiger partial charge in [-0.3, -0.25) is 0 Å². The second-order valence-electron chi connectivity index (χ2n) is 4.26. The molecule has 0 spiro atoms. The number of nitrogens with one attached hydrogen (secondary N) is 1. The maximum Gasteiger partial charge on any atom is 0.223 e. The molecule has 3 aromatic rings. The first kappa shape index (κ1) is 13.1. The molecule has 0 unspecified atom stereocenters. The fourth-order valence-electron chi connectivity index (χ4n) is 1.87. The summed E-state index contributed by atoms with van der Waals surface area (Å²) in [6.07, 6.45) is 0. The molecule has 7 heteroatoms. The minimum atomic E-state index is -0.449. The number of nitrogens with two attached hydrogens (primary N) is 1. The lowest BCUT2D eigenvalue weighted by molar-refractivity contribution is 0.632. The maximum atomic E-state index is 13.8. The van der Waals surface area contributed by atoms with Crippen LogP contribution in [0.2, 0.25) is 5.02 Å². The fraction of sp³-hybridized carbons (Fsp3) is 0.0769. The van der Waals surface area contributed by atoms with Crippen molar-refractivity contribution in [3.8, 4) is 0 Å². The van der Waals surface area contributed by atoms with Crippen molar-refractivity contribution in [1.29, 1.82) is 0 Å². The fourth-order valence-corrected chi connectivity index (χ4v) is 2.92. The van der Waals surface area contributed by atoms with Gasteiger partial charge in [0.2, 0.25) is 5.95 Å². The highest BCUT2D eigenvalue weighted by Gasteiger charge is 2.11. The van der Waals surface area contributed by atoms with Gasteiger partial charge in [-0.1, -0.05) is 11.6 Å². The summed E-state index contributed by atoms with van der Waals surface area (Å²) in [5, 5.41) is 4.09. The number of hydrogen-bond acceptors (Lipinski definition) is 5. The Hall–Kier alpha value is -1.92. The Balaban J connectivity index is 2.10. The number of rotatable bonds is 2. The molecule has 20 heavy (non-hydrogen) atoms. The average molecular weight is 309 g/mol. The zero-order valence-corrected chi connectivity index (χ0v) is 12.0. The Kier molecular flexibility index (Phi) is 3.19. The van der Waals surface area contributed by atoms with Gasteiger partial charge >= 0.3 is 0 Å². The van der Waals surface area contributed by atoms with Gasteiger partial charge in [-0.15, -0.1) is 11.3 Å². The van der Waals surface area contributed by atoms with Crippen molar-refractivity contribution in [2.45, 2.75) is 6.92 Å². The molecule has 2 heterocycles. The molecule has 2 aromatic heterocycles. The first-order valence-electron chi connectivity index (χ1n) is 5.78. The molecule has 4 nitrogen and oxygen atoms in total. The molecule has 3 rings (SSSR count). The average Bonchev–Trinajstić information content (AvgIpc) is 2.73. The summed E-state index contributed by atoms with van der Waals surface area (Å²) in [6, 6.07) is 6.34. The van der Waals surface area contributed by atoms with E-state index >= 15 is 0 Å². The molecule has 0 aliphatic rings. The quantitative estimate of drug-likeness (QED) is 0.747. The smallest absolute Gasteiger partial charge is 0.223 e. The van der Waals surface area contributed by atoms with Crippen molar-refractivity contribution in [1.82, 2.24) is 9.97 Å². The number of halogens is 2. The highest BCUT2D eigenvalue weighted by Crippen LogP contribution is 2.31. The third-order valence-electron chi connectivity index (χ3n) is 2.72. The lowest BCUT2D eigenvalue weighted by Crippen LogP contribution is -2.01. The second-order valence-corrected chi connectivity index (χ2v) is 5.93. The third kappa shape index (κ3) is 2.39. The van der Waals surface area contributed by atoms with Crippen LogP contribution in [0.4, 0.5) is 21.8 Å². The Labute approximate surface area is 123 Å². The van der Waals surface area contributed by atoms with E-state index in [4.69, 9.17) is 17.3 Å². The minimum Gasteiger partial charge on any atom is -0.368 e. The summed E-state index contributed by atoms with van der Waals surface area (Å²) in [7, 11) is 0. The van der Waals surface area contributed by atoms with Crippen LogP contribution in [0.15, 0.2) is 24.3 Å². The predicted molar refractivity (Wildman–Crippen MR) is 81.3 cm³/mol. The van der Waals surface area contributed by atoms with Crippen LogP contribution >= 0.6 is 22.9 Å². The number of nitrogens with zero attached hydrogens (tertiary/aromatic N) is 2. The van der Waals surface area contributed by atoms with Gasteiger partial charge in [0.15, 0.2) is 0 Å². The summed E-state index contributed by atoms with van der Waals surface area (Å²) < 4.78 is 13.8. The minimum absolute atomic E-state index is 0.149. The standard InChI is InChI=1S/C13H10ClFN4S/c1-6-4-8-11(18-13(16)19-12(8)20-6)17-10-3-2-7(14)5-9(10)15/h2-5H,1H3,(H3,16,17,18,19). The molecule has 0 bridgehead atoms. The van der Waals surface area contributed by atoms with Gasteiger partial charge in [0, 0.05) is 9.90 Å². The van der Waals surface area contributed by atoms with E-state index < -0.39 is 5.82 Å². The van der Waals surface area contributed by atoms with E-state index in [0.29, 0.717) is 10.8 Å². The molecule has 0 atom stereocenters. The molecule has 102 valence electrons. The van der Waals surface area contributed by atoms with Gasteiger partial charge in [0.1, 0.15) is 16.5 Å². The van der Waals surface area contributed by atoms with Crippen LogP contribution in [-0.2, 0) is 0 Å². The topological polar surface area (TPSA) is 63.8 Å². The van der Waals surface area contributed by atoms with E-state index in [1.54, 1.807) is 12.1 Å². The second kappa shape index (κ2) is 4.88. The summed E-state index contributed by atoms with van der Waals surface area (Å²) in [5.41, 5.74) is 5.97. The van der Waals surface area contributed by atoms with Crippen LogP contribution < -0.4 is 11.1 Å². The third-order valence-corrected chi connectivity index (χ3v) is 3.90. The SMILES string of the molecule is Cc1cc2c(Nc3ccc(Cl)cc3F)nc(N)nc2s1. The number of hydrogen-bond donors (Lipinski definition) is 2. The van der Waals surface area contributed by atoms with E-state index in [0.717, 1.165) is 15.1 Å². The monoisotopic (exact) mass is 308 g/mol. The van der Waals surface area contributed by atoms with Crippen LogP contribution in [0.1, 0.15) is 4.88 Å².